The maximum absolute atomic E-state index is 15.0. The molecule has 11 nitrogen and oxygen atoms in total. The van der Waals surface area contributed by atoms with Crippen LogP contribution in [-0.2, 0) is 10.0 Å². The largest absolute Gasteiger partial charge is 0.491 e. The Balaban J connectivity index is 1.85. The molecule has 0 bridgehead atoms. The van der Waals surface area contributed by atoms with E-state index < -0.39 is 51.5 Å². The number of nitrogens with one attached hydrogen (secondary N) is 3. The summed E-state index contributed by atoms with van der Waals surface area (Å²) in [6, 6.07) is 9.17. The van der Waals surface area contributed by atoms with Crippen LogP contribution in [-0.4, -0.2) is 60.3 Å². The van der Waals surface area contributed by atoms with Crippen molar-refractivity contribution in [3.8, 4) is 5.75 Å². The van der Waals surface area contributed by atoms with Crippen molar-refractivity contribution in [3.05, 3.63) is 77.0 Å². The van der Waals surface area contributed by atoms with Crippen LogP contribution in [0.15, 0.2) is 48.7 Å². The fourth-order valence-electron chi connectivity index (χ4n) is 3.41. The number of ether oxygens (including phenoxy) is 1. The number of carbonyl (C=O) groups excluding carboxylic acids is 1. The van der Waals surface area contributed by atoms with E-state index in [1.807, 2.05) is 4.72 Å². The highest BCUT2D eigenvalue weighted by molar-refractivity contribution is 7.92. The number of halogens is 2. The number of anilines is 3. The molecule has 1 aromatic heterocycles. The average molecular weight is 564 g/mol. The van der Waals surface area contributed by atoms with Crippen molar-refractivity contribution in [3.63, 3.8) is 0 Å². The highest BCUT2D eigenvalue weighted by Gasteiger charge is 2.23. The van der Waals surface area contributed by atoms with Crippen LogP contribution in [0.4, 0.5) is 26.0 Å². The molecule has 39 heavy (non-hydrogen) atoms. The predicted molar refractivity (Wildman–Crippen MR) is 142 cm³/mol. The second-order valence-corrected chi connectivity index (χ2v) is 10.2. The highest BCUT2D eigenvalue weighted by Crippen LogP contribution is 2.25. The molecule has 1 heterocycles. The average Bonchev–Trinajstić information content (AvgIpc) is 2.89. The van der Waals surface area contributed by atoms with Crippen molar-refractivity contribution < 1.29 is 36.9 Å². The van der Waals surface area contributed by atoms with Gasteiger partial charge in [0.25, 0.3) is 5.91 Å². The van der Waals surface area contributed by atoms with Gasteiger partial charge in [-0.05, 0) is 36.8 Å². The van der Waals surface area contributed by atoms with Crippen LogP contribution in [0.2, 0.25) is 0 Å². The third-order valence-corrected chi connectivity index (χ3v) is 6.75. The molecule has 1 atom stereocenters. The minimum absolute atomic E-state index is 0.0387. The quantitative estimate of drug-likeness (QED) is 0.181. The van der Waals surface area contributed by atoms with Crippen molar-refractivity contribution in [2.75, 3.05) is 34.7 Å². The van der Waals surface area contributed by atoms with Gasteiger partial charge in [0, 0.05) is 11.1 Å². The Morgan fingerprint density at radius 2 is 1.97 bits per heavy atom. The lowest BCUT2D eigenvalue weighted by Gasteiger charge is -2.14. The van der Waals surface area contributed by atoms with E-state index in [2.05, 4.69) is 10.3 Å². The maximum atomic E-state index is 15.0. The van der Waals surface area contributed by atoms with E-state index in [-0.39, 0.29) is 41.6 Å². The molecule has 2 aromatic carbocycles. The lowest BCUT2D eigenvalue weighted by Crippen LogP contribution is -2.21. The van der Waals surface area contributed by atoms with Gasteiger partial charge in [-0.25, -0.2) is 22.2 Å². The van der Waals surface area contributed by atoms with Crippen LogP contribution in [0, 0.1) is 17.0 Å². The minimum Gasteiger partial charge on any atom is -0.491 e. The molecule has 0 aliphatic rings. The molecular weight excluding hydrogens is 536 g/mol. The molecule has 14 heteroatoms. The van der Waals surface area contributed by atoms with Crippen LogP contribution in [0.3, 0.4) is 0 Å². The summed E-state index contributed by atoms with van der Waals surface area (Å²) in [5.74, 6) is -3.89. The zero-order chi connectivity index (χ0) is 28.7. The van der Waals surface area contributed by atoms with Gasteiger partial charge in [-0.3, -0.25) is 14.9 Å². The first-order valence-electron chi connectivity index (χ1n) is 11.6. The van der Waals surface area contributed by atoms with Crippen LogP contribution in [0.25, 0.3) is 0 Å². The van der Waals surface area contributed by atoms with Gasteiger partial charge in [-0.1, -0.05) is 19.1 Å². The highest BCUT2D eigenvalue weighted by atomic mass is 32.2. The van der Waals surface area contributed by atoms with Gasteiger partial charge in [0.05, 0.1) is 35.6 Å². The van der Waals surface area contributed by atoms with E-state index in [9.17, 15) is 27.1 Å². The smallest absolute Gasteiger partial charge is 0.261 e. The Bertz CT molecular complexity index is 1490. The summed E-state index contributed by atoms with van der Waals surface area (Å²) in [5.41, 5.74) is 4.60. The van der Waals surface area contributed by atoms with E-state index in [1.165, 1.54) is 12.1 Å². The first-order valence-corrected chi connectivity index (χ1v) is 13.3. The molecule has 3 rings (SSSR count). The number of benzene rings is 2. The van der Waals surface area contributed by atoms with Crippen molar-refractivity contribution in [2.24, 2.45) is 0 Å². The second kappa shape index (κ2) is 12.6. The number of aromatic nitrogens is 1. The number of aliphatic hydroxyl groups is 2. The summed E-state index contributed by atoms with van der Waals surface area (Å²) < 4.78 is 60.9. The molecule has 208 valence electrons. The molecule has 0 saturated carbocycles. The summed E-state index contributed by atoms with van der Waals surface area (Å²) in [7, 11) is -3.90. The van der Waals surface area contributed by atoms with Gasteiger partial charge >= 0.3 is 0 Å². The first kappa shape index (κ1) is 29.4. The van der Waals surface area contributed by atoms with Crippen LogP contribution >= 0.6 is 0 Å². The van der Waals surface area contributed by atoms with E-state index >= 15 is 0 Å². The predicted octanol–water partition coefficient (Wildman–Crippen LogP) is 2.49. The molecule has 7 N–H and O–H groups in total. The van der Waals surface area contributed by atoms with E-state index in [0.29, 0.717) is 11.3 Å². The van der Waals surface area contributed by atoms with E-state index in [1.54, 1.807) is 25.1 Å². The Labute approximate surface area is 223 Å². The summed E-state index contributed by atoms with van der Waals surface area (Å²) >= 11 is 0. The molecule has 0 fully saturated rings. The topological polar surface area (TPSA) is 188 Å². The minimum atomic E-state index is -3.90. The number of aliphatic hydroxyl groups excluding tert-OH is 2. The number of amides is 1. The molecule has 1 amide bonds. The zero-order valence-electron chi connectivity index (χ0n) is 20.7. The van der Waals surface area contributed by atoms with Gasteiger partial charge in [0.1, 0.15) is 35.7 Å². The van der Waals surface area contributed by atoms with Crippen LogP contribution < -0.4 is 20.5 Å². The number of hydrogen-bond acceptors (Lipinski definition) is 9. The zero-order valence-corrected chi connectivity index (χ0v) is 21.6. The Hall–Kier alpha value is -4.14. The third kappa shape index (κ3) is 7.46. The second-order valence-electron chi connectivity index (χ2n) is 8.37. The van der Waals surface area contributed by atoms with Gasteiger partial charge in [0.2, 0.25) is 10.0 Å². The van der Waals surface area contributed by atoms with Crippen LogP contribution in [0.5, 0.6) is 5.75 Å². The van der Waals surface area contributed by atoms with Gasteiger partial charge in [0.15, 0.2) is 5.82 Å². The molecule has 0 spiro atoms. The van der Waals surface area contributed by atoms with Crippen molar-refractivity contribution in [1.29, 1.82) is 5.41 Å². The first-order chi connectivity index (χ1) is 18.5. The normalized spacial score (nSPS) is 12.0. The monoisotopic (exact) mass is 563 g/mol. The van der Waals surface area contributed by atoms with Crippen molar-refractivity contribution in [1.82, 2.24) is 4.98 Å². The number of nitrogen functional groups attached to an aromatic ring is 1. The molecule has 1 unspecified atom stereocenters. The molecule has 0 saturated heterocycles. The Morgan fingerprint density at radius 3 is 2.67 bits per heavy atom. The summed E-state index contributed by atoms with van der Waals surface area (Å²) in [4.78, 5) is 16.7. The molecule has 0 radical (unpaired) electrons. The standard InChI is InChI=1S/C25H27F2N5O6S/c1-2-8-39(36,37)32-20-7-6-19(26)21(22(20)27)25(35)31-15-10-18(24(29)30-11-15)23(28)14-4-3-5-17(9-14)38-13-16(34)12-33/h3-7,9-11,16,28,32-34H,2,8,12-13H2,1H3,(H2,29,30)(H,31,35). The fraction of sp³-hybridized carbons (Fsp3) is 0.240. The number of nitrogens with zero attached hydrogens (tertiary/aromatic N) is 1. The lowest BCUT2D eigenvalue weighted by molar-refractivity contribution is 0.0536. The molecular formula is C25H27F2N5O6S. The number of rotatable bonds is 12. The molecule has 0 aliphatic carbocycles. The van der Waals surface area contributed by atoms with E-state index in [0.717, 1.165) is 18.3 Å². The summed E-state index contributed by atoms with van der Waals surface area (Å²) in [6.07, 6.45) is 0.306. The van der Waals surface area contributed by atoms with Crippen LogP contribution in [0.1, 0.15) is 34.8 Å². The number of nitrogens with two attached hydrogens (primary N) is 1. The SMILES string of the molecule is CCCS(=O)(=O)Nc1ccc(F)c(C(=O)Nc2cnc(N)c(C(=N)c3cccc(OCC(O)CO)c3)c2)c1F. The van der Waals surface area contributed by atoms with Crippen molar-refractivity contribution in [2.45, 2.75) is 19.4 Å². The lowest BCUT2D eigenvalue weighted by atomic mass is 10.0. The third-order valence-electron chi connectivity index (χ3n) is 5.28. The fourth-order valence-corrected chi connectivity index (χ4v) is 4.54. The number of sulfonamides is 1. The maximum Gasteiger partial charge on any atom is 0.261 e. The van der Waals surface area contributed by atoms with Gasteiger partial charge < -0.3 is 26.0 Å². The Morgan fingerprint density at radius 1 is 1.23 bits per heavy atom. The van der Waals surface area contributed by atoms with Crippen molar-refractivity contribution >= 4 is 38.8 Å². The van der Waals surface area contributed by atoms with Gasteiger partial charge in [-0.15, -0.1) is 0 Å². The number of hydrogen-bond donors (Lipinski definition) is 6. The molecule has 3 aromatic rings. The summed E-state index contributed by atoms with van der Waals surface area (Å²) in [6.45, 7) is 0.957. The van der Waals surface area contributed by atoms with E-state index in [4.69, 9.17) is 21.0 Å². The van der Waals surface area contributed by atoms with Gasteiger partial charge in [-0.2, -0.15) is 0 Å². The number of pyridine rings is 1. The molecule has 0 aliphatic heterocycles. The summed E-state index contributed by atoms with van der Waals surface area (Å²) in [5, 5.41) is 29.2. The number of carbonyl (C=O) groups is 1. The Kier molecular flexibility index (Phi) is 9.51.